The molecule has 1 heterocycles. The van der Waals surface area contributed by atoms with Crippen LogP contribution >= 0.6 is 11.3 Å². The predicted octanol–water partition coefficient (Wildman–Crippen LogP) is 4.12. The van der Waals surface area contributed by atoms with E-state index in [0.717, 1.165) is 31.8 Å². The van der Waals surface area contributed by atoms with Crippen LogP contribution in [-0.2, 0) is 14.8 Å². The SMILES string of the molecule is Cc1nc(-c2cccc(N[C@@H](C)C(=O)Nc3cc(S(=O)(=O)N(C)C)ccc3C)c2)cs1. The number of hydrogen-bond donors (Lipinski definition) is 2. The number of carbonyl (C=O) groups is 1. The van der Waals surface area contributed by atoms with Crippen LogP contribution in [0.2, 0.25) is 0 Å². The molecular formula is C22H26N4O3S2. The fraction of sp³-hybridized carbons (Fsp3) is 0.273. The van der Waals surface area contributed by atoms with E-state index >= 15 is 0 Å². The molecule has 0 saturated carbocycles. The summed E-state index contributed by atoms with van der Waals surface area (Å²) < 4.78 is 25.9. The summed E-state index contributed by atoms with van der Waals surface area (Å²) in [6.07, 6.45) is 0. The van der Waals surface area contributed by atoms with Gasteiger partial charge in [0.1, 0.15) is 6.04 Å². The Bertz CT molecular complexity index is 1200. The maximum Gasteiger partial charge on any atom is 0.246 e. The van der Waals surface area contributed by atoms with Gasteiger partial charge in [-0.1, -0.05) is 18.2 Å². The van der Waals surface area contributed by atoms with Crippen molar-refractivity contribution in [2.75, 3.05) is 24.7 Å². The molecule has 31 heavy (non-hydrogen) atoms. The van der Waals surface area contributed by atoms with Gasteiger partial charge in [0, 0.05) is 36.4 Å². The summed E-state index contributed by atoms with van der Waals surface area (Å²) in [6.45, 7) is 5.53. The van der Waals surface area contributed by atoms with Gasteiger partial charge in [-0.05, 0) is 50.6 Å². The molecule has 2 N–H and O–H groups in total. The number of anilines is 2. The molecule has 0 aliphatic heterocycles. The molecule has 3 rings (SSSR count). The molecule has 164 valence electrons. The van der Waals surface area contributed by atoms with Crippen molar-refractivity contribution in [2.24, 2.45) is 0 Å². The van der Waals surface area contributed by atoms with Crippen molar-refractivity contribution in [3.05, 3.63) is 58.4 Å². The highest BCUT2D eigenvalue weighted by Gasteiger charge is 2.20. The maximum atomic E-state index is 12.8. The number of hydrogen-bond acceptors (Lipinski definition) is 6. The van der Waals surface area contributed by atoms with Gasteiger partial charge in [0.25, 0.3) is 0 Å². The highest BCUT2D eigenvalue weighted by molar-refractivity contribution is 7.89. The summed E-state index contributed by atoms with van der Waals surface area (Å²) in [5.74, 6) is -0.266. The molecule has 1 aromatic heterocycles. The molecule has 7 nitrogen and oxygen atoms in total. The molecule has 3 aromatic rings. The minimum atomic E-state index is -3.59. The van der Waals surface area contributed by atoms with Crippen molar-refractivity contribution in [1.29, 1.82) is 0 Å². The number of amides is 1. The molecule has 0 fully saturated rings. The molecule has 2 aromatic carbocycles. The average molecular weight is 459 g/mol. The van der Waals surface area contributed by atoms with Gasteiger partial charge in [0.2, 0.25) is 15.9 Å². The Labute approximate surface area is 187 Å². The van der Waals surface area contributed by atoms with E-state index in [1.807, 2.05) is 43.5 Å². The standard InChI is InChI=1S/C22H26N4O3S2/c1-14-9-10-19(31(28,29)26(4)5)12-20(14)25-22(27)15(2)23-18-8-6-7-17(11-18)21-13-30-16(3)24-21/h6-13,15,23H,1-5H3,(H,25,27)/t15-/m0/s1. The zero-order valence-electron chi connectivity index (χ0n) is 18.1. The van der Waals surface area contributed by atoms with Crippen LogP contribution in [0.5, 0.6) is 0 Å². The van der Waals surface area contributed by atoms with E-state index in [1.54, 1.807) is 24.3 Å². The van der Waals surface area contributed by atoms with Gasteiger partial charge in [-0.25, -0.2) is 17.7 Å². The largest absolute Gasteiger partial charge is 0.374 e. The van der Waals surface area contributed by atoms with Crippen LogP contribution in [0, 0.1) is 13.8 Å². The van der Waals surface area contributed by atoms with Crippen LogP contribution in [0.4, 0.5) is 11.4 Å². The van der Waals surface area contributed by atoms with Gasteiger partial charge < -0.3 is 10.6 Å². The van der Waals surface area contributed by atoms with E-state index in [-0.39, 0.29) is 10.8 Å². The lowest BCUT2D eigenvalue weighted by Gasteiger charge is -2.18. The normalized spacial score (nSPS) is 12.6. The number of thiazole rings is 1. The van der Waals surface area contributed by atoms with Crippen molar-refractivity contribution in [3.63, 3.8) is 0 Å². The lowest BCUT2D eigenvalue weighted by Crippen LogP contribution is -2.32. The van der Waals surface area contributed by atoms with Gasteiger partial charge in [0.05, 0.1) is 15.6 Å². The van der Waals surface area contributed by atoms with Crippen molar-refractivity contribution in [3.8, 4) is 11.3 Å². The molecule has 0 bridgehead atoms. The number of benzene rings is 2. The van der Waals surface area contributed by atoms with E-state index < -0.39 is 16.1 Å². The number of aromatic nitrogens is 1. The second-order valence-electron chi connectivity index (χ2n) is 7.45. The second kappa shape index (κ2) is 9.17. The van der Waals surface area contributed by atoms with Gasteiger partial charge in [-0.2, -0.15) is 0 Å². The number of carbonyl (C=O) groups excluding carboxylic acids is 1. The predicted molar refractivity (Wildman–Crippen MR) is 126 cm³/mol. The Kier molecular flexibility index (Phi) is 6.78. The summed E-state index contributed by atoms with van der Waals surface area (Å²) in [4.78, 5) is 17.4. The van der Waals surface area contributed by atoms with Crippen molar-refractivity contribution in [2.45, 2.75) is 31.7 Å². The number of sulfonamides is 1. The number of nitrogens with one attached hydrogen (secondary N) is 2. The Morgan fingerprint density at radius 2 is 1.87 bits per heavy atom. The van der Waals surface area contributed by atoms with Crippen molar-refractivity contribution in [1.82, 2.24) is 9.29 Å². The average Bonchev–Trinajstić information content (AvgIpc) is 3.16. The molecule has 1 amide bonds. The second-order valence-corrected chi connectivity index (χ2v) is 10.7. The van der Waals surface area contributed by atoms with E-state index in [1.165, 1.54) is 26.2 Å². The lowest BCUT2D eigenvalue weighted by molar-refractivity contribution is -0.116. The maximum absolute atomic E-state index is 12.8. The van der Waals surface area contributed by atoms with Crippen LogP contribution in [0.3, 0.4) is 0 Å². The highest BCUT2D eigenvalue weighted by atomic mass is 32.2. The highest BCUT2D eigenvalue weighted by Crippen LogP contribution is 2.25. The molecule has 0 saturated heterocycles. The summed E-state index contributed by atoms with van der Waals surface area (Å²) in [5.41, 5.74) is 3.91. The smallest absolute Gasteiger partial charge is 0.246 e. The molecular weight excluding hydrogens is 432 g/mol. The fourth-order valence-electron chi connectivity index (χ4n) is 2.93. The summed E-state index contributed by atoms with van der Waals surface area (Å²) in [6, 6.07) is 11.9. The van der Waals surface area contributed by atoms with Crippen LogP contribution < -0.4 is 10.6 Å². The minimum absolute atomic E-state index is 0.130. The van der Waals surface area contributed by atoms with Gasteiger partial charge >= 0.3 is 0 Å². The quantitative estimate of drug-likeness (QED) is 0.556. The fourth-order valence-corrected chi connectivity index (χ4v) is 4.48. The zero-order chi connectivity index (χ0) is 22.8. The van der Waals surface area contributed by atoms with Gasteiger partial charge in [-0.3, -0.25) is 4.79 Å². The number of nitrogens with zero attached hydrogens (tertiary/aromatic N) is 2. The third-order valence-corrected chi connectivity index (χ3v) is 7.38. The molecule has 9 heteroatoms. The Hall–Kier alpha value is -2.75. The van der Waals surface area contributed by atoms with Crippen LogP contribution in [-0.4, -0.2) is 43.8 Å². The molecule has 0 spiro atoms. The van der Waals surface area contributed by atoms with Crippen LogP contribution in [0.25, 0.3) is 11.3 Å². The van der Waals surface area contributed by atoms with E-state index in [0.29, 0.717) is 5.69 Å². The monoisotopic (exact) mass is 458 g/mol. The van der Waals surface area contributed by atoms with Gasteiger partial charge in [0.15, 0.2) is 0 Å². The van der Waals surface area contributed by atoms with Crippen LogP contribution in [0.1, 0.15) is 17.5 Å². The zero-order valence-corrected chi connectivity index (χ0v) is 19.8. The van der Waals surface area contributed by atoms with Crippen molar-refractivity contribution >= 4 is 38.6 Å². The summed E-state index contributed by atoms with van der Waals surface area (Å²) >= 11 is 1.59. The van der Waals surface area contributed by atoms with E-state index in [2.05, 4.69) is 15.6 Å². The summed E-state index contributed by atoms with van der Waals surface area (Å²) in [5, 5.41) is 9.03. The van der Waals surface area contributed by atoms with Crippen molar-refractivity contribution < 1.29 is 13.2 Å². The third-order valence-electron chi connectivity index (χ3n) is 4.80. The lowest BCUT2D eigenvalue weighted by atomic mass is 10.1. The molecule has 0 radical (unpaired) electrons. The first-order chi connectivity index (χ1) is 14.6. The number of rotatable bonds is 7. The van der Waals surface area contributed by atoms with Crippen LogP contribution in [0.15, 0.2) is 52.7 Å². The summed E-state index contributed by atoms with van der Waals surface area (Å²) in [7, 11) is -0.643. The molecule has 0 aliphatic rings. The van der Waals surface area contributed by atoms with E-state index in [9.17, 15) is 13.2 Å². The van der Waals surface area contributed by atoms with E-state index in [4.69, 9.17) is 0 Å². The Morgan fingerprint density at radius 1 is 1.13 bits per heavy atom. The third kappa shape index (κ3) is 5.30. The Balaban J connectivity index is 1.74. The molecule has 0 unspecified atom stereocenters. The molecule has 0 aliphatic carbocycles. The van der Waals surface area contributed by atoms with Gasteiger partial charge in [-0.15, -0.1) is 11.3 Å². The molecule has 1 atom stereocenters. The minimum Gasteiger partial charge on any atom is -0.374 e. The first kappa shape index (κ1) is 22.9. The topological polar surface area (TPSA) is 91.4 Å². The Morgan fingerprint density at radius 3 is 2.52 bits per heavy atom. The first-order valence-electron chi connectivity index (χ1n) is 9.71. The number of aryl methyl sites for hydroxylation is 2. The first-order valence-corrected chi connectivity index (χ1v) is 12.0.